The number of nitrogens with two attached hydrogens (primary N) is 2. The summed E-state index contributed by atoms with van der Waals surface area (Å²) in [5, 5.41) is 40.9. The van der Waals surface area contributed by atoms with Gasteiger partial charge in [-0.15, -0.1) is 22.7 Å². The molecule has 2 aliphatic rings. The number of rotatable bonds is 36. The average molecular weight is 1770 g/mol. The number of nitrogens with one attached hydrogen (secondary N) is 4. The first-order chi connectivity index (χ1) is 60.6. The summed E-state index contributed by atoms with van der Waals surface area (Å²) in [6, 6.07) is 11.6. The minimum Gasteiger partial charge on any atom is -0.494 e. The fourth-order valence-corrected chi connectivity index (χ4v) is 16.6. The SMILES string of the molecule is CCc1nc(C)sc1C(=O)Nc1nc2cc(C(=O)O)cc(OCCCN3CCOCC3)c2n1C/C=C/Cn1c(NC(=O)c2c(F)c(C)nn2CC)nc2cc(C(=O)O)cc(OC)c21.CCc1nc(C)sc1C(=O)Nc1nc2cc(C(N)=O)cc(OCCCN3CCOCC3)c2n1C/C=C/Cn1c(NC(=O)c2c(F)c(C)nn2CC)nc2cc(C(N)=O)cc(OC)c21. The summed E-state index contributed by atoms with van der Waals surface area (Å²) in [5.74, 6) is -6.45. The van der Waals surface area contributed by atoms with Gasteiger partial charge < -0.3 is 68.4 Å². The highest BCUT2D eigenvalue weighted by Crippen LogP contribution is 2.38. The molecule has 0 radical (unpaired) electrons. The highest BCUT2D eigenvalue weighted by Gasteiger charge is 2.31. The van der Waals surface area contributed by atoms with Crippen molar-refractivity contribution in [3.8, 4) is 23.0 Å². The topological polar surface area (TPSA) is 472 Å². The highest BCUT2D eigenvalue weighted by molar-refractivity contribution is 7.14. The first kappa shape index (κ1) is 90.3. The second kappa shape index (κ2) is 40.0. The van der Waals surface area contributed by atoms with E-state index in [2.05, 4.69) is 61.2 Å². The van der Waals surface area contributed by atoms with Gasteiger partial charge in [0.2, 0.25) is 35.6 Å². The molecule has 2 aliphatic heterocycles. The molecule has 2 saturated heterocycles. The number of nitrogens with zero attached hydrogens (tertiary/aromatic N) is 16. The van der Waals surface area contributed by atoms with Gasteiger partial charge in [-0.3, -0.25) is 69.2 Å². The number of imidazole rings is 4. The number of aryl methyl sites for hydroxylation is 8. The number of amides is 6. The number of anilines is 4. The molecule has 0 saturated carbocycles. The number of primary amides is 2. The molecule has 0 bridgehead atoms. The third kappa shape index (κ3) is 19.9. The van der Waals surface area contributed by atoms with Crippen molar-refractivity contribution in [1.82, 2.24) is 77.5 Å². The van der Waals surface area contributed by atoms with E-state index in [0.29, 0.717) is 113 Å². The molecule has 6 amide bonds. The molecular formula is C84H96F2N22O16S2. The van der Waals surface area contributed by atoms with Crippen LogP contribution in [-0.4, -0.2) is 228 Å². The zero-order valence-corrected chi connectivity index (χ0v) is 72.6. The van der Waals surface area contributed by atoms with Crippen LogP contribution in [0.3, 0.4) is 0 Å². The van der Waals surface area contributed by atoms with Crippen molar-refractivity contribution in [1.29, 1.82) is 0 Å². The first-order valence-corrected chi connectivity index (χ1v) is 42.4. The number of morpholine rings is 2. The van der Waals surface area contributed by atoms with E-state index < -0.39 is 59.0 Å². The van der Waals surface area contributed by atoms with Gasteiger partial charge in [0.25, 0.3) is 23.6 Å². The van der Waals surface area contributed by atoms with Crippen LogP contribution >= 0.6 is 22.7 Å². The summed E-state index contributed by atoms with van der Waals surface area (Å²) in [7, 11) is 2.80. The van der Waals surface area contributed by atoms with Gasteiger partial charge >= 0.3 is 11.9 Å². The Labute approximate surface area is 727 Å². The number of thiazole rings is 2. The third-order valence-electron chi connectivity index (χ3n) is 20.9. The summed E-state index contributed by atoms with van der Waals surface area (Å²) in [6.07, 6.45) is 9.54. The van der Waals surface area contributed by atoms with Crippen LogP contribution in [0.1, 0.15) is 155 Å². The van der Waals surface area contributed by atoms with Crippen molar-refractivity contribution >= 4 is 138 Å². The van der Waals surface area contributed by atoms with Crippen molar-refractivity contribution in [3.63, 3.8) is 0 Å². The quantitative estimate of drug-likeness (QED) is 0.0134. The van der Waals surface area contributed by atoms with E-state index in [1.54, 1.807) is 62.5 Å². The number of carboxylic acid groups (broad SMARTS) is 2. The molecule has 10 N–H and O–H groups in total. The molecule has 664 valence electrons. The molecule has 4 aromatic carbocycles. The fourth-order valence-electron chi connectivity index (χ4n) is 14.8. The van der Waals surface area contributed by atoms with E-state index >= 15 is 8.78 Å². The van der Waals surface area contributed by atoms with Crippen LogP contribution in [0, 0.1) is 39.3 Å². The molecular weight excluding hydrogens is 1680 g/mol. The molecule has 0 spiro atoms. The number of aromatic carboxylic acids is 2. The van der Waals surface area contributed by atoms with Crippen LogP contribution in [-0.2, 0) is 61.6 Å². The number of ether oxygens (including phenoxy) is 6. The van der Waals surface area contributed by atoms with E-state index in [9.17, 15) is 48.6 Å². The number of hydrogen-bond donors (Lipinski definition) is 8. The number of aromatic nitrogens is 14. The molecule has 0 aliphatic carbocycles. The summed E-state index contributed by atoms with van der Waals surface area (Å²) in [4.78, 5) is 137. The van der Waals surface area contributed by atoms with Gasteiger partial charge in [-0.25, -0.2) is 48.3 Å². The predicted octanol–water partition coefficient (Wildman–Crippen LogP) is 10.1. The van der Waals surface area contributed by atoms with Gasteiger partial charge in [0.1, 0.15) is 54.8 Å². The zero-order chi connectivity index (χ0) is 89.9. The van der Waals surface area contributed by atoms with Crippen LogP contribution in [0.4, 0.5) is 32.6 Å². The van der Waals surface area contributed by atoms with Crippen molar-refractivity contribution in [2.75, 3.05) is 114 Å². The average Bonchev–Trinajstić information content (AvgIpc) is 1.63. The van der Waals surface area contributed by atoms with Crippen LogP contribution in [0.2, 0.25) is 0 Å². The Kier molecular flexibility index (Phi) is 28.7. The molecule has 126 heavy (non-hydrogen) atoms. The molecule has 12 aromatic rings. The molecule has 0 unspecified atom stereocenters. The monoisotopic (exact) mass is 1770 g/mol. The molecule has 8 aromatic heterocycles. The molecule has 0 atom stereocenters. The van der Waals surface area contributed by atoms with Gasteiger partial charge in [-0.2, -0.15) is 10.2 Å². The van der Waals surface area contributed by atoms with Gasteiger partial charge in [-0.1, -0.05) is 38.2 Å². The maximum Gasteiger partial charge on any atom is 0.335 e. The Hall–Kier alpha value is -13.4. The molecule has 14 rings (SSSR count). The summed E-state index contributed by atoms with van der Waals surface area (Å²) >= 11 is 2.53. The Morgan fingerprint density at radius 1 is 0.460 bits per heavy atom. The summed E-state index contributed by atoms with van der Waals surface area (Å²) in [5.41, 5.74) is 15.2. The summed E-state index contributed by atoms with van der Waals surface area (Å²) in [6.45, 7) is 22.7. The lowest BCUT2D eigenvalue weighted by Gasteiger charge is -2.26. The van der Waals surface area contributed by atoms with Crippen LogP contribution < -0.4 is 51.7 Å². The van der Waals surface area contributed by atoms with Gasteiger partial charge in [-0.05, 0) is 116 Å². The Balaban J connectivity index is 0.000000216. The molecule has 42 heteroatoms. The van der Waals surface area contributed by atoms with Crippen LogP contribution in [0.5, 0.6) is 23.0 Å². The molecule has 2 fully saturated rings. The maximum atomic E-state index is 15.2. The normalized spacial score (nSPS) is 13.3. The number of allylic oxidation sites excluding steroid dienone is 4. The second-order valence-corrected chi connectivity index (χ2v) is 31.6. The second-order valence-electron chi connectivity index (χ2n) is 29.2. The number of halogens is 2. The minimum atomic E-state index is -1.22. The summed E-state index contributed by atoms with van der Waals surface area (Å²) < 4.78 is 74.4. The minimum absolute atomic E-state index is 0.0250. The lowest BCUT2D eigenvalue weighted by atomic mass is 10.1. The Morgan fingerprint density at radius 2 is 0.770 bits per heavy atom. The third-order valence-corrected chi connectivity index (χ3v) is 22.9. The van der Waals surface area contributed by atoms with E-state index in [1.807, 2.05) is 33.8 Å². The number of hydrogen-bond acceptors (Lipinski definition) is 26. The van der Waals surface area contributed by atoms with E-state index in [0.717, 1.165) is 49.3 Å². The van der Waals surface area contributed by atoms with Gasteiger partial charge in [0.05, 0.1) is 120 Å². The number of benzene rings is 4. The number of carbonyl (C=O) groups is 8. The number of fused-ring (bicyclic) bond motifs is 4. The lowest BCUT2D eigenvalue weighted by Crippen LogP contribution is -2.37. The Bertz CT molecular complexity index is 5870. The van der Waals surface area contributed by atoms with Gasteiger partial charge in [0.15, 0.2) is 23.0 Å². The zero-order valence-electron chi connectivity index (χ0n) is 71.0. The predicted molar refractivity (Wildman–Crippen MR) is 465 cm³/mol. The first-order valence-electron chi connectivity index (χ1n) is 40.7. The highest BCUT2D eigenvalue weighted by atomic mass is 32.1. The van der Waals surface area contributed by atoms with Crippen molar-refractivity contribution in [2.45, 2.75) is 120 Å². The van der Waals surface area contributed by atoms with Crippen molar-refractivity contribution in [2.24, 2.45) is 11.5 Å². The van der Waals surface area contributed by atoms with Crippen LogP contribution in [0.25, 0.3) is 44.1 Å². The van der Waals surface area contributed by atoms with Crippen LogP contribution in [0.15, 0.2) is 72.8 Å². The van der Waals surface area contributed by atoms with Gasteiger partial charge in [0, 0.05) is 89.7 Å². The lowest BCUT2D eigenvalue weighted by molar-refractivity contribution is 0.0357. The number of carboxylic acids is 2. The van der Waals surface area contributed by atoms with Crippen molar-refractivity contribution in [3.05, 3.63) is 161 Å². The Morgan fingerprint density at radius 3 is 1.09 bits per heavy atom. The smallest absolute Gasteiger partial charge is 0.335 e. The maximum absolute atomic E-state index is 15.2. The van der Waals surface area contributed by atoms with E-state index in [4.69, 9.17) is 49.9 Å². The number of methoxy groups -OCH3 is 2. The molecule has 38 nitrogen and oxygen atoms in total. The largest absolute Gasteiger partial charge is 0.494 e. The van der Waals surface area contributed by atoms with Crippen molar-refractivity contribution < 1.29 is 85.8 Å². The fraction of sp³-hybridized carbons (Fsp3) is 0.381. The number of carbonyl (C=O) groups excluding carboxylic acids is 6. The molecule has 10 heterocycles. The standard InChI is InChI=1S/C42H49FN12O7S.C42H47FN10O9S/c1-6-27-36(63-24(4)46-27)40(59)50-42-48-29-20-26(38(45)57)22-31(62-16-10-11-52-14-17-61-18-15-52)34(29)54(42)13-9-8-12-53-33-28(19-25(37(44)56)21-30(33)60-5)47-41(53)49-39(58)35-32(43)23(3)51-55(35)7-2;1-6-27-36(63-24(4)44-27)38(55)48-42-46-29-20-26(40(58)59)22-31(62-16-10-11-50-14-17-61-18-15-50)34(29)52(42)13-9-8-12-51-33-28(19-25(39(56)57)21-30(33)60-5)45-41(51)47-37(54)35-32(43)23(3)49-53(35)7-2/h8-9,19-22H,6-7,10-18H2,1-5H3,(H2,44,56)(H2,45,57)(H,47,49,58)(H,48,50,59);8-9,19-22H,6-7,10-18H2,1-5H3,(H,56,57)(H,58,59)(H,45,47,54)(H,46,48,55)/b2*9-8+. The van der Waals surface area contributed by atoms with E-state index in [1.165, 1.54) is 96.5 Å². The van der Waals surface area contributed by atoms with E-state index in [-0.39, 0.29) is 148 Å².